The third kappa shape index (κ3) is 4.11. The number of urea groups is 1. The number of rotatable bonds is 4. The molecule has 2 rings (SSSR count). The summed E-state index contributed by atoms with van der Waals surface area (Å²) in [5, 5.41) is 14.9. The van der Waals surface area contributed by atoms with Crippen molar-refractivity contribution in [2.75, 3.05) is 5.32 Å². The van der Waals surface area contributed by atoms with Gasteiger partial charge in [0, 0.05) is 11.1 Å². The molecular weight excluding hydrogens is 292 g/mol. The Kier molecular flexibility index (Phi) is 5.07. The maximum Gasteiger partial charge on any atom is 0.337 e. The van der Waals surface area contributed by atoms with Gasteiger partial charge in [-0.3, -0.25) is 0 Å². The van der Waals surface area contributed by atoms with Gasteiger partial charge in [0.2, 0.25) is 0 Å². The van der Waals surface area contributed by atoms with Gasteiger partial charge in [-0.2, -0.15) is 0 Å². The molecule has 1 atom stereocenters. The van der Waals surface area contributed by atoms with E-state index in [1.165, 1.54) is 31.0 Å². The lowest BCUT2D eigenvalue weighted by atomic mass is 10.0. The maximum atomic E-state index is 12.0. The molecule has 1 fully saturated rings. The first-order valence-corrected chi connectivity index (χ1v) is 7.45. The third-order valence-electron chi connectivity index (χ3n) is 3.93. The second kappa shape index (κ2) is 6.80. The van der Waals surface area contributed by atoms with Crippen molar-refractivity contribution >= 4 is 29.3 Å². The van der Waals surface area contributed by atoms with Crippen LogP contribution in [0.5, 0.6) is 0 Å². The predicted molar refractivity (Wildman–Crippen MR) is 82.0 cm³/mol. The molecule has 0 spiro atoms. The molecule has 2 amide bonds. The van der Waals surface area contributed by atoms with Gasteiger partial charge in [0.1, 0.15) is 0 Å². The van der Waals surface area contributed by atoms with Crippen LogP contribution in [-0.4, -0.2) is 23.1 Å². The molecule has 0 saturated heterocycles. The van der Waals surface area contributed by atoms with Crippen LogP contribution in [0.4, 0.5) is 10.5 Å². The van der Waals surface area contributed by atoms with Crippen LogP contribution in [0, 0.1) is 5.92 Å². The number of carbonyl (C=O) groups is 2. The lowest BCUT2D eigenvalue weighted by Gasteiger charge is -2.21. The van der Waals surface area contributed by atoms with E-state index in [9.17, 15) is 9.59 Å². The molecule has 0 aliphatic heterocycles. The Morgan fingerprint density at radius 1 is 1.33 bits per heavy atom. The number of amides is 2. The van der Waals surface area contributed by atoms with Crippen molar-refractivity contribution in [1.29, 1.82) is 0 Å². The standard InChI is InChI=1S/C15H19ClN2O3/c1-9(10-4-2-3-5-10)17-15(21)18-13-8-11(16)6-7-12(13)14(19)20/h6-10H,2-5H2,1H3,(H,19,20)(H2,17,18,21). The monoisotopic (exact) mass is 310 g/mol. The average molecular weight is 311 g/mol. The Balaban J connectivity index is 2.02. The quantitative estimate of drug-likeness (QED) is 0.792. The van der Waals surface area contributed by atoms with Crippen LogP contribution < -0.4 is 10.6 Å². The van der Waals surface area contributed by atoms with Crippen LogP contribution in [0.1, 0.15) is 43.0 Å². The van der Waals surface area contributed by atoms with Gasteiger partial charge in [-0.25, -0.2) is 9.59 Å². The van der Waals surface area contributed by atoms with Crippen molar-refractivity contribution in [2.24, 2.45) is 5.92 Å². The zero-order chi connectivity index (χ0) is 15.4. The van der Waals surface area contributed by atoms with Crippen LogP contribution in [0.25, 0.3) is 0 Å². The highest BCUT2D eigenvalue weighted by Crippen LogP contribution is 2.27. The molecule has 1 unspecified atom stereocenters. The minimum atomic E-state index is -1.11. The van der Waals surface area contributed by atoms with E-state index >= 15 is 0 Å². The summed E-state index contributed by atoms with van der Waals surface area (Å²) in [4.78, 5) is 23.1. The highest BCUT2D eigenvalue weighted by molar-refractivity contribution is 6.31. The van der Waals surface area contributed by atoms with Gasteiger partial charge in [-0.1, -0.05) is 24.4 Å². The van der Waals surface area contributed by atoms with Crippen molar-refractivity contribution in [3.8, 4) is 0 Å². The maximum absolute atomic E-state index is 12.0. The van der Waals surface area contributed by atoms with Crippen molar-refractivity contribution in [1.82, 2.24) is 5.32 Å². The number of carboxylic acids is 1. The fourth-order valence-electron chi connectivity index (χ4n) is 2.75. The van der Waals surface area contributed by atoms with E-state index in [1.807, 2.05) is 6.92 Å². The van der Waals surface area contributed by atoms with Gasteiger partial charge in [-0.15, -0.1) is 0 Å². The fraction of sp³-hybridized carbons (Fsp3) is 0.467. The summed E-state index contributed by atoms with van der Waals surface area (Å²) in [6, 6.07) is 3.96. The van der Waals surface area contributed by atoms with Crippen LogP contribution in [0.2, 0.25) is 5.02 Å². The molecule has 1 saturated carbocycles. The summed E-state index contributed by atoms with van der Waals surface area (Å²) in [7, 11) is 0. The third-order valence-corrected chi connectivity index (χ3v) is 4.16. The molecule has 3 N–H and O–H groups in total. The number of carboxylic acid groups (broad SMARTS) is 1. The Hall–Kier alpha value is -1.75. The lowest BCUT2D eigenvalue weighted by molar-refractivity contribution is 0.0698. The zero-order valence-corrected chi connectivity index (χ0v) is 12.6. The smallest absolute Gasteiger partial charge is 0.337 e. The first kappa shape index (κ1) is 15.6. The molecule has 0 bridgehead atoms. The Labute approximate surface area is 128 Å². The van der Waals surface area contributed by atoms with Crippen molar-refractivity contribution in [3.05, 3.63) is 28.8 Å². The first-order valence-electron chi connectivity index (χ1n) is 7.07. The van der Waals surface area contributed by atoms with Crippen LogP contribution >= 0.6 is 11.6 Å². The summed E-state index contributed by atoms with van der Waals surface area (Å²) in [5.74, 6) is -0.611. The van der Waals surface area contributed by atoms with E-state index in [1.54, 1.807) is 0 Å². The van der Waals surface area contributed by atoms with Crippen LogP contribution in [0.3, 0.4) is 0 Å². The molecule has 114 valence electrons. The number of carbonyl (C=O) groups excluding carboxylic acids is 1. The molecule has 1 aromatic rings. The fourth-order valence-corrected chi connectivity index (χ4v) is 2.92. The Bertz CT molecular complexity index is 542. The van der Waals surface area contributed by atoms with Crippen molar-refractivity contribution in [2.45, 2.75) is 38.6 Å². The second-order valence-electron chi connectivity index (χ2n) is 5.43. The van der Waals surface area contributed by atoms with Gasteiger partial charge in [0.25, 0.3) is 0 Å². The molecule has 21 heavy (non-hydrogen) atoms. The summed E-state index contributed by atoms with van der Waals surface area (Å²) in [5.41, 5.74) is 0.217. The van der Waals surface area contributed by atoms with Crippen LogP contribution in [0.15, 0.2) is 18.2 Å². The van der Waals surface area contributed by atoms with E-state index in [4.69, 9.17) is 16.7 Å². The van der Waals surface area contributed by atoms with E-state index < -0.39 is 12.0 Å². The molecular formula is C15H19ClN2O3. The number of anilines is 1. The number of aromatic carboxylic acids is 1. The van der Waals surface area contributed by atoms with Crippen molar-refractivity contribution in [3.63, 3.8) is 0 Å². The SMILES string of the molecule is CC(NC(=O)Nc1cc(Cl)ccc1C(=O)O)C1CCCC1. The molecule has 5 nitrogen and oxygen atoms in total. The first-order chi connectivity index (χ1) is 9.97. The van der Waals surface area contributed by atoms with Gasteiger partial charge < -0.3 is 15.7 Å². The largest absolute Gasteiger partial charge is 0.478 e. The number of hydrogen-bond acceptors (Lipinski definition) is 2. The summed E-state index contributed by atoms with van der Waals surface area (Å²) < 4.78 is 0. The van der Waals surface area contributed by atoms with Gasteiger partial charge >= 0.3 is 12.0 Å². The average Bonchev–Trinajstić information content (AvgIpc) is 2.91. The molecule has 0 heterocycles. The molecule has 6 heteroatoms. The van der Waals surface area contributed by atoms with Crippen molar-refractivity contribution < 1.29 is 14.7 Å². The molecule has 1 aliphatic carbocycles. The molecule has 0 aromatic heterocycles. The Morgan fingerprint density at radius 3 is 2.62 bits per heavy atom. The Morgan fingerprint density at radius 2 is 2.00 bits per heavy atom. The van der Waals surface area contributed by atoms with E-state index in [2.05, 4.69) is 10.6 Å². The topological polar surface area (TPSA) is 78.4 Å². The van der Waals surface area contributed by atoms with Gasteiger partial charge in [-0.05, 0) is 43.9 Å². The lowest BCUT2D eigenvalue weighted by Crippen LogP contribution is -2.40. The highest BCUT2D eigenvalue weighted by Gasteiger charge is 2.23. The number of nitrogens with one attached hydrogen (secondary N) is 2. The zero-order valence-electron chi connectivity index (χ0n) is 11.9. The summed E-state index contributed by atoms with van der Waals surface area (Å²) >= 11 is 5.85. The van der Waals surface area contributed by atoms with E-state index in [0.717, 1.165) is 12.8 Å². The summed E-state index contributed by atoms with van der Waals surface area (Å²) in [6.07, 6.45) is 4.66. The van der Waals surface area contributed by atoms with Crippen LogP contribution in [-0.2, 0) is 0 Å². The predicted octanol–water partition coefficient (Wildman–Crippen LogP) is 3.74. The molecule has 1 aromatic carbocycles. The normalized spacial score (nSPS) is 16.5. The highest BCUT2D eigenvalue weighted by atomic mass is 35.5. The van der Waals surface area contributed by atoms with E-state index in [0.29, 0.717) is 10.9 Å². The van der Waals surface area contributed by atoms with Gasteiger partial charge in [0.05, 0.1) is 11.3 Å². The van der Waals surface area contributed by atoms with Gasteiger partial charge in [0.15, 0.2) is 0 Å². The minimum Gasteiger partial charge on any atom is -0.478 e. The van der Waals surface area contributed by atoms with E-state index in [-0.39, 0.29) is 17.3 Å². The number of hydrogen-bond donors (Lipinski definition) is 3. The second-order valence-corrected chi connectivity index (χ2v) is 5.86. The molecule has 1 aliphatic rings. The minimum absolute atomic E-state index is 0.0167. The summed E-state index contributed by atoms with van der Waals surface area (Å²) in [6.45, 7) is 1.98. The molecule has 0 radical (unpaired) electrons. The number of benzene rings is 1. The number of halogens is 1.